The van der Waals surface area contributed by atoms with Crippen molar-refractivity contribution in [3.8, 4) is 11.5 Å². The van der Waals surface area contributed by atoms with Gasteiger partial charge in [-0.1, -0.05) is 92.9 Å². The van der Waals surface area contributed by atoms with Crippen molar-refractivity contribution >= 4 is 11.8 Å². The molecule has 0 saturated carbocycles. The van der Waals surface area contributed by atoms with E-state index in [1.807, 2.05) is 72.8 Å². The minimum atomic E-state index is -0.717. The first-order valence-electron chi connectivity index (χ1n) is 12.6. The van der Waals surface area contributed by atoms with Crippen molar-refractivity contribution in [1.82, 2.24) is 10.6 Å². The molecule has 2 N–H and O–H groups in total. The molecule has 0 radical (unpaired) electrons. The molecule has 3 aromatic rings. The van der Waals surface area contributed by atoms with Crippen LogP contribution >= 0.6 is 0 Å². The van der Waals surface area contributed by atoms with E-state index >= 15 is 0 Å². The largest absolute Gasteiger partial charge is 0.493 e. The Morgan fingerprint density at radius 3 is 1.86 bits per heavy atom. The monoisotopic (exact) mass is 488 g/mol. The molecule has 190 valence electrons. The molecule has 3 rings (SSSR count). The lowest BCUT2D eigenvalue weighted by Gasteiger charge is -2.22. The van der Waals surface area contributed by atoms with Crippen LogP contribution in [0, 0.1) is 0 Å². The van der Waals surface area contributed by atoms with Crippen molar-refractivity contribution in [2.75, 3.05) is 13.7 Å². The van der Waals surface area contributed by atoms with Crippen molar-refractivity contribution in [2.45, 2.75) is 51.6 Å². The van der Waals surface area contributed by atoms with Crippen LogP contribution in [0.3, 0.4) is 0 Å². The molecule has 0 aliphatic heterocycles. The third kappa shape index (κ3) is 8.77. The lowest BCUT2D eigenvalue weighted by Crippen LogP contribution is -2.42. The molecule has 0 spiro atoms. The Morgan fingerprint density at radius 1 is 0.750 bits per heavy atom. The Labute approximate surface area is 214 Å². The summed E-state index contributed by atoms with van der Waals surface area (Å²) in [5, 5.41) is 5.96. The molecule has 0 bridgehead atoms. The van der Waals surface area contributed by atoms with Crippen LogP contribution in [0.25, 0.3) is 0 Å². The lowest BCUT2D eigenvalue weighted by molar-refractivity contribution is -0.123. The number of unbranched alkanes of at least 4 members (excludes halogenated alkanes) is 3. The minimum Gasteiger partial charge on any atom is -0.493 e. The predicted octanol–water partition coefficient (Wildman–Crippen LogP) is 5.37. The van der Waals surface area contributed by atoms with Gasteiger partial charge in [0.25, 0.3) is 0 Å². The second kappa shape index (κ2) is 14.6. The SMILES string of the molecule is CCCCCCOc1cc(C(NC(=O)Cc2ccccc2)NC(=O)Cc2ccccc2)ccc1OC. The number of methoxy groups -OCH3 is 1. The van der Waals surface area contributed by atoms with E-state index in [1.54, 1.807) is 13.2 Å². The van der Waals surface area contributed by atoms with Crippen LogP contribution in [0.5, 0.6) is 11.5 Å². The van der Waals surface area contributed by atoms with E-state index in [2.05, 4.69) is 17.6 Å². The highest BCUT2D eigenvalue weighted by atomic mass is 16.5. The Hall–Kier alpha value is -3.80. The second-order valence-electron chi connectivity index (χ2n) is 8.71. The number of hydrogen-bond donors (Lipinski definition) is 2. The molecule has 6 heteroatoms. The molecule has 3 aromatic carbocycles. The van der Waals surface area contributed by atoms with E-state index in [0.29, 0.717) is 23.7 Å². The second-order valence-corrected chi connectivity index (χ2v) is 8.71. The van der Waals surface area contributed by atoms with E-state index in [-0.39, 0.29) is 24.7 Å². The molecular formula is C30H36N2O4. The zero-order valence-corrected chi connectivity index (χ0v) is 21.2. The highest BCUT2D eigenvalue weighted by Gasteiger charge is 2.20. The first-order chi connectivity index (χ1) is 17.6. The summed E-state index contributed by atoms with van der Waals surface area (Å²) in [4.78, 5) is 25.8. The maximum Gasteiger partial charge on any atom is 0.226 e. The molecule has 6 nitrogen and oxygen atoms in total. The fourth-order valence-corrected chi connectivity index (χ4v) is 3.89. The maximum absolute atomic E-state index is 12.9. The third-order valence-electron chi connectivity index (χ3n) is 5.80. The van der Waals surface area contributed by atoms with Crippen LogP contribution in [0.1, 0.15) is 55.5 Å². The normalized spacial score (nSPS) is 10.6. The highest BCUT2D eigenvalue weighted by Crippen LogP contribution is 2.30. The summed E-state index contributed by atoms with van der Waals surface area (Å²) in [6.45, 7) is 2.75. The number of carbonyl (C=O) groups excluding carboxylic acids is 2. The highest BCUT2D eigenvalue weighted by molar-refractivity contribution is 5.82. The topological polar surface area (TPSA) is 76.7 Å². The van der Waals surface area contributed by atoms with Gasteiger partial charge in [-0.05, 0) is 35.2 Å². The van der Waals surface area contributed by atoms with Gasteiger partial charge in [-0.3, -0.25) is 9.59 Å². The number of ether oxygens (including phenoxy) is 2. The Balaban J connectivity index is 1.77. The zero-order chi connectivity index (χ0) is 25.6. The standard InChI is InChI=1S/C30H36N2O4/c1-3-4-5-12-19-36-27-22-25(17-18-26(27)35-2)30(31-28(33)20-23-13-8-6-9-14-23)32-29(34)21-24-15-10-7-11-16-24/h6-11,13-18,22,30H,3-5,12,19-21H2,1-2H3,(H,31,33)(H,32,34). The molecule has 36 heavy (non-hydrogen) atoms. The molecule has 0 fully saturated rings. The average Bonchev–Trinajstić information content (AvgIpc) is 2.89. The van der Waals surface area contributed by atoms with Crippen LogP contribution < -0.4 is 20.1 Å². The van der Waals surface area contributed by atoms with E-state index in [9.17, 15) is 9.59 Å². The van der Waals surface area contributed by atoms with Crippen molar-refractivity contribution in [3.05, 3.63) is 95.6 Å². The minimum absolute atomic E-state index is 0.191. The van der Waals surface area contributed by atoms with Crippen LogP contribution in [0.15, 0.2) is 78.9 Å². The lowest BCUT2D eigenvalue weighted by atomic mass is 10.1. The zero-order valence-electron chi connectivity index (χ0n) is 21.2. The fraction of sp³-hybridized carbons (Fsp3) is 0.333. The summed E-state index contributed by atoms with van der Waals surface area (Å²) in [6, 6.07) is 24.5. The van der Waals surface area contributed by atoms with Gasteiger partial charge in [0.1, 0.15) is 6.17 Å². The Morgan fingerprint density at radius 2 is 1.33 bits per heavy atom. The van der Waals surface area contributed by atoms with Gasteiger partial charge in [0.15, 0.2) is 11.5 Å². The van der Waals surface area contributed by atoms with E-state index in [1.165, 1.54) is 6.42 Å². The summed E-state index contributed by atoms with van der Waals surface area (Å²) in [5.41, 5.74) is 2.51. The number of amides is 2. The third-order valence-corrected chi connectivity index (χ3v) is 5.80. The first-order valence-corrected chi connectivity index (χ1v) is 12.6. The van der Waals surface area contributed by atoms with Gasteiger partial charge < -0.3 is 20.1 Å². The van der Waals surface area contributed by atoms with Crippen LogP contribution in [0.4, 0.5) is 0 Å². The molecule has 2 amide bonds. The maximum atomic E-state index is 12.9. The van der Waals surface area contributed by atoms with Gasteiger partial charge >= 0.3 is 0 Å². The van der Waals surface area contributed by atoms with Gasteiger partial charge in [0.2, 0.25) is 11.8 Å². The van der Waals surface area contributed by atoms with E-state index in [4.69, 9.17) is 9.47 Å². The van der Waals surface area contributed by atoms with Gasteiger partial charge in [0.05, 0.1) is 26.6 Å². The van der Waals surface area contributed by atoms with Crippen molar-refractivity contribution < 1.29 is 19.1 Å². The van der Waals surface area contributed by atoms with Gasteiger partial charge in [-0.25, -0.2) is 0 Å². The smallest absolute Gasteiger partial charge is 0.226 e. The molecule has 0 saturated heterocycles. The number of carbonyl (C=O) groups is 2. The molecular weight excluding hydrogens is 452 g/mol. The average molecular weight is 489 g/mol. The Kier molecular flexibility index (Phi) is 10.8. The van der Waals surface area contributed by atoms with Crippen molar-refractivity contribution in [2.24, 2.45) is 0 Å². The summed E-state index contributed by atoms with van der Waals surface area (Å²) in [5.74, 6) is 0.818. The van der Waals surface area contributed by atoms with Gasteiger partial charge in [0, 0.05) is 0 Å². The van der Waals surface area contributed by atoms with Crippen molar-refractivity contribution in [3.63, 3.8) is 0 Å². The van der Waals surface area contributed by atoms with E-state index < -0.39 is 6.17 Å². The Bertz CT molecular complexity index is 1030. The molecule has 0 aliphatic carbocycles. The first kappa shape index (κ1) is 26.8. The number of hydrogen-bond acceptors (Lipinski definition) is 4. The number of benzene rings is 3. The summed E-state index contributed by atoms with van der Waals surface area (Å²) >= 11 is 0. The quantitative estimate of drug-likeness (QED) is 0.236. The molecule has 0 atom stereocenters. The number of nitrogens with one attached hydrogen (secondary N) is 2. The summed E-state index contributed by atoms with van der Waals surface area (Å²) in [7, 11) is 1.60. The molecule has 0 heterocycles. The van der Waals surface area contributed by atoms with Gasteiger partial charge in [-0.2, -0.15) is 0 Å². The van der Waals surface area contributed by atoms with E-state index in [0.717, 1.165) is 30.4 Å². The summed E-state index contributed by atoms with van der Waals surface area (Å²) in [6.07, 6.45) is 4.09. The molecule has 0 aromatic heterocycles. The number of rotatable bonds is 14. The van der Waals surface area contributed by atoms with Crippen molar-refractivity contribution in [1.29, 1.82) is 0 Å². The van der Waals surface area contributed by atoms with Crippen LogP contribution in [-0.2, 0) is 22.4 Å². The predicted molar refractivity (Wildman–Crippen MR) is 142 cm³/mol. The molecule has 0 aliphatic rings. The fourth-order valence-electron chi connectivity index (χ4n) is 3.89. The van der Waals surface area contributed by atoms with Gasteiger partial charge in [-0.15, -0.1) is 0 Å². The summed E-state index contributed by atoms with van der Waals surface area (Å²) < 4.78 is 11.5. The van der Waals surface area contributed by atoms with Crippen LogP contribution in [-0.4, -0.2) is 25.5 Å². The van der Waals surface area contributed by atoms with Crippen LogP contribution in [0.2, 0.25) is 0 Å². The molecule has 0 unspecified atom stereocenters.